The number of hydrogen-bond donors (Lipinski definition) is 1. The molecule has 3 rings (SSSR count). The SMILES string of the molecule is CC(C)(O)C#Cc1ccc(-c2ccccc2N(Cl)C(=O)c2cccnc2)cc1. The summed E-state index contributed by atoms with van der Waals surface area (Å²) in [6, 6.07) is 18.3. The maximum atomic E-state index is 12.7. The van der Waals surface area contributed by atoms with Crippen LogP contribution in [0.3, 0.4) is 0 Å². The topological polar surface area (TPSA) is 53.4 Å². The lowest BCUT2D eigenvalue weighted by atomic mass is 10.0. The highest BCUT2D eigenvalue weighted by Gasteiger charge is 2.19. The summed E-state index contributed by atoms with van der Waals surface area (Å²) >= 11 is 6.38. The average Bonchev–Trinajstić information content (AvgIpc) is 2.72. The quantitative estimate of drug-likeness (QED) is 0.522. The van der Waals surface area contributed by atoms with Crippen LogP contribution in [0.4, 0.5) is 5.69 Å². The minimum absolute atomic E-state index is 0.352. The van der Waals surface area contributed by atoms with Gasteiger partial charge in [0, 0.05) is 35.3 Å². The van der Waals surface area contributed by atoms with Crippen molar-refractivity contribution in [2.24, 2.45) is 0 Å². The smallest absolute Gasteiger partial charge is 0.274 e. The van der Waals surface area contributed by atoms with Gasteiger partial charge in [0.1, 0.15) is 5.60 Å². The predicted octanol–water partition coefficient (Wildman–Crippen LogP) is 4.67. The van der Waals surface area contributed by atoms with Crippen molar-refractivity contribution in [1.29, 1.82) is 0 Å². The molecule has 28 heavy (non-hydrogen) atoms. The Hall–Kier alpha value is -3.13. The van der Waals surface area contributed by atoms with Crippen LogP contribution in [0.2, 0.25) is 0 Å². The number of nitrogens with zero attached hydrogens (tertiary/aromatic N) is 2. The number of halogens is 1. The third-order valence-corrected chi connectivity index (χ3v) is 4.25. The average molecular weight is 391 g/mol. The number of pyridine rings is 1. The van der Waals surface area contributed by atoms with Crippen LogP contribution >= 0.6 is 11.8 Å². The second kappa shape index (κ2) is 8.26. The van der Waals surface area contributed by atoms with E-state index < -0.39 is 5.60 Å². The number of aliphatic hydroxyl groups is 1. The molecule has 0 atom stereocenters. The summed E-state index contributed by atoms with van der Waals surface area (Å²) in [6.07, 6.45) is 3.09. The van der Waals surface area contributed by atoms with Gasteiger partial charge in [-0.1, -0.05) is 42.2 Å². The molecule has 4 nitrogen and oxygen atoms in total. The summed E-state index contributed by atoms with van der Waals surface area (Å²) < 4.78 is 1.11. The monoisotopic (exact) mass is 390 g/mol. The Kier molecular flexibility index (Phi) is 5.79. The van der Waals surface area contributed by atoms with E-state index in [2.05, 4.69) is 16.8 Å². The molecule has 1 amide bonds. The van der Waals surface area contributed by atoms with E-state index in [9.17, 15) is 9.90 Å². The third-order valence-electron chi connectivity index (χ3n) is 3.91. The lowest BCUT2D eigenvalue weighted by Gasteiger charge is -2.18. The van der Waals surface area contributed by atoms with Crippen LogP contribution in [0, 0.1) is 11.8 Å². The Labute approximate surface area is 169 Å². The van der Waals surface area contributed by atoms with Crippen molar-refractivity contribution in [2.45, 2.75) is 19.4 Å². The number of anilines is 1. The number of rotatable bonds is 3. The summed E-state index contributed by atoms with van der Waals surface area (Å²) in [6.45, 7) is 3.28. The van der Waals surface area contributed by atoms with Gasteiger partial charge in [-0.25, -0.2) is 4.42 Å². The molecule has 0 fully saturated rings. The molecule has 5 heteroatoms. The van der Waals surface area contributed by atoms with Crippen LogP contribution in [-0.4, -0.2) is 21.6 Å². The molecule has 1 heterocycles. The molecule has 1 aromatic heterocycles. The highest BCUT2D eigenvalue weighted by molar-refractivity contribution is 6.40. The van der Waals surface area contributed by atoms with Gasteiger partial charge in [-0.05, 0) is 49.7 Å². The van der Waals surface area contributed by atoms with Crippen molar-refractivity contribution in [3.8, 4) is 23.0 Å². The lowest BCUT2D eigenvalue weighted by molar-refractivity contribution is 0.100. The summed E-state index contributed by atoms with van der Waals surface area (Å²) in [5, 5.41) is 9.72. The van der Waals surface area contributed by atoms with Crippen LogP contribution in [-0.2, 0) is 0 Å². The molecule has 0 bridgehead atoms. The number of benzene rings is 2. The molecule has 140 valence electrons. The molecule has 0 unspecified atom stereocenters. The highest BCUT2D eigenvalue weighted by Crippen LogP contribution is 2.32. The zero-order valence-electron chi connectivity index (χ0n) is 15.6. The molecule has 0 aliphatic rings. The molecule has 0 aliphatic heterocycles. The van der Waals surface area contributed by atoms with Crippen molar-refractivity contribution in [2.75, 3.05) is 4.42 Å². The summed E-state index contributed by atoms with van der Waals surface area (Å²) in [5.74, 6) is 5.38. The Balaban J connectivity index is 1.92. The van der Waals surface area contributed by atoms with E-state index >= 15 is 0 Å². The first-order valence-corrected chi connectivity index (χ1v) is 9.04. The normalized spacial score (nSPS) is 10.7. The lowest BCUT2D eigenvalue weighted by Crippen LogP contribution is -2.21. The van der Waals surface area contributed by atoms with Crippen molar-refractivity contribution < 1.29 is 9.90 Å². The summed E-state index contributed by atoms with van der Waals surface area (Å²) in [5.41, 5.74) is 2.44. The molecular weight excluding hydrogens is 372 g/mol. The fraction of sp³-hybridized carbons (Fsp3) is 0.130. The maximum Gasteiger partial charge on any atom is 0.274 e. The molecule has 0 aliphatic carbocycles. The number of amides is 1. The molecule has 2 aromatic carbocycles. The molecule has 0 spiro atoms. The molecule has 0 saturated carbocycles. The molecule has 0 radical (unpaired) electrons. The zero-order valence-corrected chi connectivity index (χ0v) is 16.3. The van der Waals surface area contributed by atoms with Crippen LogP contribution in [0.1, 0.15) is 29.8 Å². The largest absolute Gasteiger partial charge is 0.378 e. The van der Waals surface area contributed by atoms with Crippen molar-refractivity contribution in [3.63, 3.8) is 0 Å². The Bertz CT molecular complexity index is 1030. The fourth-order valence-electron chi connectivity index (χ4n) is 2.56. The number of para-hydroxylation sites is 1. The van der Waals surface area contributed by atoms with E-state index in [0.717, 1.165) is 21.1 Å². The van der Waals surface area contributed by atoms with Gasteiger partial charge in [-0.15, -0.1) is 0 Å². The van der Waals surface area contributed by atoms with Gasteiger partial charge in [0.15, 0.2) is 0 Å². The van der Waals surface area contributed by atoms with Gasteiger partial charge >= 0.3 is 0 Å². The number of carbonyl (C=O) groups excluding carboxylic acids is 1. The first-order chi connectivity index (χ1) is 13.3. The Morgan fingerprint density at radius 3 is 2.43 bits per heavy atom. The van der Waals surface area contributed by atoms with Crippen molar-refractivity contribution in [3.05, 3.63) is 84.2 Å². The Morgan fingerprint density at radius 1 is 1.07 bits per heavy atom. The first kappa shape index (κ1) is 19.6. The fourth-order valence-corrected chi connectivity index (χ4v) is 2.80. The van der Waals surface area contributed by atoms with Crippen LogP contribution in [0.25, 0.3) is 11.1 Å². The highest BCUT2D eigenvalue weighted by atomic mass is 35.5. The zero-order chi connectivity index (χ0) is 20.1. The molecule has 3 aromatic rings. The van der Waals surface area contributed by atoms with Crippen molar-refractivity contribution >= 4 is 23.4 Å². The van der Waals surface area contributed by atoms with E-state index in [0.29, 0.717) is 11.3 Å². The van der Waals surface area contributed by atoms with Crippen LogP contribution in [0.15, 0.2) is 73.1 Å². The predicted molar refractivity (Wildman–Crippen MR) is 112 cm³/mol. The van der Waals surface area contributed by atoms with E-state index in [-0.39, 0.29) is 5.91 Å². The van der Waals surface area contributed by atoms with E-state index in [1.807, 2.05) is 42.5 Å². The van der Waals surface area contributed by atoms with Crippen molar-refractivity contribution in [1.82, 2.24) is 4.98 Å². The Morgan fingerprint density at radius 2 is 1.79 bits per heavy atom. The van der Waals surface area contributed by atoms with Crippen LogP contribution in [0.5, 0.6) is 0 Å². The molecule has 0 saturated heterocycles. The molecule has 1 N–H and O–H groups in total. The standard InChI is InChI=1S/C23H19ClN2O2/c1-23(2,28)14-13-17-9-11-18(12-10-17)20-7-3-4-8-21(20)26(24)22(27)19-6-5-15-25-16-19/h3-12,15-16,28H,1-2H3. The number of aromatic nitrogens is 1. The van der Waals surface area contributed by atoms with Crippen LogP contribution < -0.4 is 4.42 Å². The number of carbonyl (C=O) groups is 1. The van der Waals surface area contributed by atoms with E-state index in [1.54, 1.807) is 38.2 Å². The minimum atomic E-state index is -1.04. The second-order valence-corrected chi connectivity index (χ2v) is 7.07. The van der Waals surface area contributed by atoms with Gasteiger partial charge < -0.3 is 5.11 Å². The van der Waals surface area contributed by atoms with Gasteiger partial charge in [-0.2, -0.15) is 0 Å². The molecular formula is C23H19ClN2O2. The van der Waals surface area contributed by atoms with Gasteiger partial charge in [0.05, 0.1) is 11.3 Å². The third kappa shape index (κ3) is 4.77. The number of hydrogen-bond acceptors (Lipinski definition) is 3. The van der Waals surface area contributed by atoms with Gasteiger partial charge in [-0.3, -0.25) is 9.78 Å². The second-order valence-electron chi connectivity index (χ2n) is 6.73. The first-order valence-electron chi connectivity index (χ1n) is 8.70. The minimum Gasteiger partial charge on any atom is -0.378 e. The summed E-state index contributed by atoms with van der Waals surface area (Å²) in [7, 11) is 0. The van der Waals surface area contributed by atoms with E-state index in [4.69, 9.17) is 11.8 Å². The van der Waals surface area contributed by atoms with Gasteiger partial charge in [0.2, 0.25) is 0 Å². The maximum absolute atomic E-state index is 12.7. The van der Waals surface area contributed by atoms with E-state index in [1.165, 1.54) is 6.20 Å². The summed E-state index contributed by atoms with van der Waals surface area (Å²) in [4.78, 5) is 16.6. The van der Waals surface area contributed by atoms with Gasteiger partial charge in [0.25, 0.3) is 5.91 Å².